The highest BCUT2D eigenvalue weighted by Gasteiger charge is 2.34. The maximum Gasteiger partial charge on any atom is 0.254 e. The highest BCUT2D eigenvalue weighted by Crippen LogP contribution is 2.25. The van der Waals surface area contributed by atoms with Crippen molar-refractivity contribution in [2.45, 2.75) is 39.1 Å². The van der Waals surface area contributed by atoms with Crippen LogP contribution in [0.5, 0.6) is 0 Å². The smallest absolute Gasteiger partial charge is 0.254 e. The number of hydrogen-bond donors (Lipinski definition) is 1. The summed E-state index contributed by atoms with van der Waals surface area (Å²) in [5, 5.41) is 9.58. The Morgan fingerprint density at radius 2 is 2.17 bits per heavy atom. The highest BCUT2D eigenvalue weighted by atomic mass is 19.1. The summed E-state index contributed by atoms with van der Waals surface area (Å²) < 4.78 is 13.8. The second-order valence-electron chi connectivity index (χ2n) is 5.47. The zero-order valence-electron chi connectivity index (χ0n) is 10.9. The van der Waals surface area contributed by atoms with Crippen LogP contribution in [0, 0.1) is 6.92 Å². The average molecular weight is 251 g/mol. The van der Waals surface area contributed by atoms with Crippen LogP contribution in [0.2, 0.25) is 0 Å². The van der Waals surface area contributed by atoms with Gasteiger partial charge in [0.15, 0.2) is 0 Å². The topological polar surface area (TPSA) is 40.5 Å². The first kappa shape index (κ1) is 13.0. The van der Waals surface area contributed by atoms with E-state index in [1.54, 1.807) is 6.07 Å². The van der Waals surface area contributed by atoms with E-state index in [2.05, 4.69) is 0 Å². The fraction of sp³-hybridized carbons (Fsp3) is 0.500. The number of rotatable bonds is 3. The van der Waals surface area contributed by atoms with Crippen molar-refractivity contribution >= 4 is 5.91 Å². The van der Waals surface area contributed by atoms with E-state index in [1.165, 1.54) is 18.7 Å². The van der Waals surface area contributed by atoms with E-state index in [-0.39, 0.29) is 12.5 Å². The summed E-state index contributed by atoms with van der Waals surface area (Å²) in [4.78, 5) is 13.5. The third kappa shape index (κ3) is 2.38. The largest absolute Gasteiger partial charge is 0.387 e. The molecule has 0 aromatic heterocycles. The minimum Gasteiger partial charge on any atom is -0.387 e. The quantitative estimate of drug-likeness (QED) is 0.893. The molecule has 1 aromatic rings. The highest BCUT2D eigenvalue weighted by molar-refractivity contribution is 5.98. The number of carbonyl (C=O) groups excluding carboxylic acids is 1. The standard InChI is InChI=1S/C14H18FNO2/c1-9-4-5-11-10(6-9)7-16(13(11)17)8-12(15)14(2,3)18/h4-6,12,18H,7-8H2,1-3H3/t12-/m1/s1. The Balaban J connectivity index is 2.14. The summed E-state index contributed by atoms with van der Waals surface area (Å²) in [6, 6.07) is 5.61. The molecule has 0 aliphatic carbocycles. The second-order valence-corrected chi connectivity index (χ2v) is 5.47. The molecule has 1 aliphatic heterocycles. The van der Waals surface area contributed by atoms with Crippen LogP contribution in [-0.4, -0.2) is 34.2 Å². The fourth-order valence-electron chi connectivity index (χ4n) is 2.07. The van der Waals surface area contributed by atoms with E-state index in [0.717, 1.165) is 11.1 Å². The monoisotopic (exact) mass is 251 g/mol. The molecule has 1 N–H and O–H groups in total. The first-order chi connectivity index (χ1) is 8.29. The van der Waals surface area contributed by atoms with Crippen LogP contribution in [0.1, 0.15) is 35.3 Å². The normalized spacial score (nSPS) is 16.9. The van der Waals surface area contributed by atoms with Crippen LogP contribution in [0.3, 0.4) is 0 Å². The molecule has 98 valence electrons. The molecule has 0 radical (unpaired) electrons. The first-order valence-electron chi connectivity index (χ1n) is 6.04. The van der Waals surface area contributed by atoms with Crippen LogP contribution in [-0.2, 0) is 6.54 Å². The van der Waals surface area contributed by atoms with Gasteiger partial charge in [0, 0.05) is 12.1 Å². The predicted molar refractivity (Wildman–Crippen MR) is 67.1 cm³/mol. The summed E-state index contributed by atoms with van der Waals surface area (Å²) in [6.45, 7) is 5.13. The van der Waals surface area contributed by atoms with Crippen LogP contribution in [0.25, 0.3) is 0 Å². The SMILES string of the molecule is Cc1ccc2c(c1)CN(C[C@@H](F)C(C)(C)O)C2=O. The van der Waals surface area contributed by atoms with E-state index in [1.807, 2.05) is 19.1 Å². The van der Waals surface area contributed by atoms with Gasteiger partial charge in [0.25, 0.3) is 5.91 Å². The summed E-state index contributed by atoms with van der Waals surface area (Å²) >= 11 is 0. The molecule has 0 unspecified atom stereocenters. The third-order valence-electron chi connectivity index (χ3n) is 3.29. The Morgan fingerprint density at radius 1 is 1.50 bits per heavy atom. The first-order valence-corrected chi connectivity index (χ1v) is 6.04. The van der Waals surface area contributed by atoms with E-state index in [0.29, 0.717) is 12.1 Å². The van der Waals surface area contributed by atoms with Crippen molar-refractivity contribution in [1.82, 2.24) is 4.90 Å². The van der Waals surface area contributed by atoms with E-state index >= 15 is 0 Å². The number of halogens is 1. The lowest BCUT2D eigenvalue weighted by atomic mass is 10.0. The Morgan fingerprint density at radius 3 is 2.78 bits per heavy atom. The Labute approximate surface area is 106 Å². The van der Waals surface area contributed by atoms with Gasteiger partial charge >= 0.3 is 0 Å². The molecule has 3 nitrogen and oxygen atoms in total. The van der Waals surface area contributed by atoms with Gasteiger partial charge in [0.05, 0.1) is 12.1 Å². The van der Waals surface area contributed by atoms with Crippen molar-refractivity contribution < 1.29 is 14.3 Å². The molecule has 1 aromatic carbocycles. The number of amides is 1. The molecule has 1 heterocycles. The molecule has 18 heavy (non-hydrogen) atoms. The number of fused-ring (bicyclic) bond motifs is 1. The van der Waals surface area contributed by atoms with Gasteiger partial charge in [0.2, 0.25) is 0 Å². The maximum atomic E-state index is 13.8. The molecule has 1 amide bonds. The summed E-state index contributed by atoms with van der Waals surface area (Å²) in [7, 11) is 0. The maximum absolute atomic E-state index is 13.8. The number of alkyl halides is 1. The van der Waals surface area contributed by atoms with Gasteiger partial charge in [-0.1, -0.05) is 17.7 Å². The number of hydrogen-bond acceptors (Lipinski definition) is 2. The van der Waals surface area contributed by atoms with Gasteiger partial charge in [-0.3, -0.25) is 4.79 Å². The fourth-order valence-corrected chi connectivity index (χ4v) is 2.07. The molecule has 2 rings (SSSR count). The lowest BCUT2D eigenvalue weighted by molar-refractivity contribution is -0.0159. The minimum atomic E-state index is -1.45. The summed E-state index contributed by atoms with van der Waals surface area (Å²) in [5.41, 5.74) is 1.24. The zero-order chi connectivity index (χ0) is 13.5. The number of aryl methyl sites for hydroxylation is 1. The molecular weight excluding hydrogens is 233 g/mol. The van der Waals surface area contributed by atoms with Crippen LogP contribution < -0.4 is 0 Å². The van der Waals surface area contributed by atoms with Crippen LogP contribution >= 0.6 is 0 Å². The van der Waals surface area contributed by atoms with Gasteiger partial charge in [-0.2, -0.15) is 0 Å². The zero-order valence-corrected chi connectivity index (χ0v) is 10.9. The van der Waals surface area contributed by atoms with Gasteiger partial charge in [-0.15, -0.1) is 0 Å². The molecule has 0 saturated carbocycles. The lowest BCUT2D eigenvalue weighted by Crippen LogP contribution is -2.42. The minimum absolute atomic E-state index is 0.0734. The molecule has 0 bridgehead atoms. The van der Waals surface area contributed by atoms with Crippen LogP contribution in [0.4, 0.5) is 4.39 Å². The van der Waals surface area contributed by atoms with Crippen molar-refractivity contribution in [3.8, 4) is 0 Å². The molecule has 1 atom stereocenters. The Kier molecular flexibility index (Phi) is 3.15. The third-order valence-corrected chi connectivity index (χ3v) is 3.29. The Hall–Kier alpha value is -1.42. The Bertz CT molecular complexity index is 479. The molecule has 1 aliphatic rings. The van der Waals surface area contributed by atoms with E-state index in [4.69, 9.17) is 0 Å². The van der Waals surface area contributed by atoms with Gasteiger partial charge in [-0.05, 0) is 32.4 Å². The molecule has 0 spiro atoms. The van der Waals surface area contributed by atoms with Crippen molar-refractivity contribution in [2.24, 2.45) is 0 Å². The second kappa shape index (κ2) is 4.35. The van der Waals surface area contributed by atoms with Crippen molar-refractivity contribution in [2.75, 3.05) is 6.54 Å². The van der Waals surface area contributed by atoms with Crippen LogP contribution in [0.15, 0.2) is 18.2 Å². The summed E-state index contributed by atoms with van der Waals surface area (Å²) in [6.07, 6.45) is -1.45. The number of aliphatic hydroxyl groups is 1. The van der Waals surface area contributed by atoms with Gasteiger partial charge < -0.3 is 10.0 Å². The van der Waals surface area contributed by atoms with Crippen molar-refractivity contribution in [3.05, 3.63) is 34.9 Å². The average Bonchev–Trinajstić information content (AvgIpc) is 2.54. The van der Waals surface area contributed by atoms with Crippen molar-refractivity contribution in [1.29, 1.82) is 0 Å². The number of carbonyl (C=O) groups is 1. The molecule has 4 heteroatoms. The van der Waals surface area contributed by atoms with Gasteiger partial charge in [-0.25, -0.2) is 4.39 Å². The van der Waals surface area contributed by atoms with E-state index < -0.39 is 11.8 Å². The number of benzene rings is 1. The van der Waals surface area contributed by atoms with E-state index in [9.17, 15) is 14.3 Å². The number of nitrogens with zero attached hydrogens (tertiary/aromatic N) is 1. The molecule has 0 fully saturated rings. The lowest BCUT2D eigenvalue weighted by Gasteiger charge is -2.26. The van der Waals surface area contributed by atoms with Crippen molar-refractivity contribution in [3.63, 3.8) is 0 Å². The summed E-state index contributed by atoms with van der Waals surface area (Å²) in [5.74, 6) is -0.156. The van der Waals surface area contributed by atoms with Gasteiger partial charge in [0.1, 0.15) is 6.17 Å². The molecule has 0 saturated heterocycles. The predicted octanol–water partition coefficient (Wildman–Crippen LogP) is 2.06. The molecular formula is C14H18FNO2.